The highest BCUT2D eigenvalue weighted by Gasteiger charge is 2.21. The molecule has 0 aliphatic rings. The molecular weight excluding hydrogens is 242 g/mol. The molecule has 1 amide bonds. The van der Waals surface area contributed by atoms with Gasteiger partial charge in [-0.1, -0.05) is 0 Å². The van der Waals surface area contributed by atoms with Gasteiger partial charge in [0.1, 0.15) is 5.60 Å². The van der Waals surface area contributed by atoms with Gasteiger partial charge in [0.05, 0.1) is 0 Å². The van der Waals surface area contributed by atoms with Gasteiger partial charge in [0.2, 0.25) is 0 Å². The summed E-state index contributed by atoms with van der Waals surface area (Å²) in [5, 5.41) is 3.04. The van der Waals surface area contributed by atoms with Crippen LogP contribution in [-0.4, -0.2) is 41.7 Å². The first-order chi connectivity index (χ1) is 8.92. The molecule has 5 heteroatoms. The summed E-state index contributed by atoms with van der Waals surface area (Å²) >= 11 is 0. The van der Waals surface area contributed by atoms with Gasteiger partial charge in [-0.25, -0.2) is 4.79 Å². The Labute approximate surface area is 115 Å². The molecule has 0 aliphatic carbocycles. The van der Waals surface area contributed by atoms with Gasteiger partial charge in [-0.05, 0) is 45.5 Å². The lowest BCUT2D eigenvalue weighted by Gasteiger charge is -2.27. The van der Waals surface area contributed by atoms with Crippen molar-refractivity contribution >= 4 is 6.09 Å². The molecule has 0 bridgehead atoms. The van der Waals surface area contributed by atoms with Crippen molar-refractivity contribution in [1.82, 2.24) is 15.2 Å². The van der Waals surface area contributed by atoms with Crippen molar-refractivity contribution in [3.63, 3.8) is 0 Å². The van der Waals surface area contributed by atoms with E-state index >= 15 is 0 Å². The van der Waals surface area contributed by atoms with Crippen LogP contribution in [0.25, 0.3) is 0 Å². The first-order valence-corrected chi connectivity index (χ1v) is 6.44. The van der Waals surface area contributed by atoms with Gasteiger partial charge in [-0.2, -0.15) is 0 Å². The number of nitrogens with one attached hydrogen (secondary N) is 1. The van der Waals surface area contributed by atoms with Gasteiger partial charge in [0.15, 0.2) is 0 Å². The molecule has 0 aliphatic heterocycles. The van der Waals surface area contributed by atoms with E-state index in [4.69, 9.17) is 4.74 Å². The smallest absolute Gasteiger partial charge is 0.410 e. The first-order valence-electron chi connectivity index (χ1n) is 6.44. The zero-order valence-electron chi connectivity index (χ0n) is 12.1. The zero-order valence-corrected chi connectivity index (χ0v) is 12.1. The summed E-state index contributed by atoms with van der Waals surface area (Å²) in [7, 11) is 1.86. The second-order valence-corrected chi connectivity index (χ2v) is 5.36. The van der Waals surface area contributed by atoms with E-state index in [1.807, 2.05) is 40.0 Å². The normalized spacial score (nSPS) is 11.2. The molecule has 1 N–H and O–H groups in total. The van der Waals surface area contributed by atoms with Crippen LogP contribution >= 0.6 is 0 Å². The van der Waals surface area contributed by atoms with Crippen LogP contribution in [0.15, 0.2) is 24.5 Å². The second kappa shape index (κ2) is 7.09. The van der Waals surface area contributed by atoms with Crippen molar-refractivity contribution in [1.29, 1.82) is 0 Å². The Bertz CT molecular complexity index is 387. The fourth-order valence-corrected chi connectivity index (χ4v) is 1.52. The fourth-order valence-electron chi connectivity index (χ4n) is 1.52. The molecule has 1 aromatic heterocycles. The van der Waals surface area contributed by atoms with Crippen molar-refractivity contribution in [2.75, 3.05) is 20.1 Å². The standard InChI is InChI=1S/C14H23N3O2/c1-14(2,3)19-13(18)17(10-9-15-4)11-12-5-7-16-8-6-12/h5-8,15H,9-11H2,1-4H3. The summed E-state index contributed by atoms with van der Waals surface area (Å²) in [6.07, 6.45) is 3.15. The van der Waals surface area contributed by atoms with E-state index in [0.717, 1.165) is 12.1 Å². The van der Waals surface area contributed by atoms with Gasteiger partial charge >= 0.3 is 6.09 Å². The molecule has 1 heterocycles. The summed E-state index contributed by atoms with van der Waals surface area (Å²) < 4.78 is 5.41. The topological polar surface area (TPSA) is 54.5 Å². The molecule has 0 atom stereocenters. The van der Waals surface area contributed by atoms with E-state index in [0.29, 0.717) is 13.1 Å². The number of amides is 1. The quantitative estimate of drug-likeness (QED) is 0.885. The number of hydrogen-bond donors (Lipinski definition) is 1. The zero-order chi connectivity index (χ0) is 14.3. The van der Waals surface area contributed by atoms with Crippen LogP contribution in [0.1, 0.15) is 26.3 Å². The summed E-state index contributed by atoms with van der Waals surface area (Å²) in [6.45, 7) is 7.46. The molecular formula is C14H23N3O2. The van der Waals surface area contributed by atoms with Crippen LogP contribution in [0.3, 0.4) is 0 Å². The second-order valence-electron chi connectivity index (χ2n) is 5.36. The summed E-state index contributed by atoms with van der Waals surface area (Å²) in [5.41, 5.74) is 0.560. The van der Waals surface area contributed by atoms with Crippen molar-refractivity contribution in [2.45, 2.75) is 32.9 Å². The Morgan fingerprint density at radius 3 is 2.53 bits per heavy atom. The minimum absolute atomic E-state index is 0.292. The molecule has 0 unspecified atom stereocenters. The number of ether oxygens (including phenoxy) is 1. The SMILES string of the molecule is CNCCN(Cc1ccncc1)C(=O)OC(C)(C)C. The summed E-state index contributed by atoms with van der Waals surface area (Å²) in [5.74, 6) is 0. The van der Waals surface area contributed by atoms with Crippen LogP contribution in [0.4, 0.5) is 4.79 Å². The van der Waals surface area contributed by atoms with E-state index in [-0.39, 0.29) is 6.09 Å². The molecule has 0 saturated heterocycles. The molecule has 19 heavy (non-hydrogen) atoms. The minimum Gasteiger partial charge on any atom is -0.444 e. The predicted molar refractivity (Wildman–Crippen MR) is 74.8 cm³/mol. The molecule has 106 valence electrons. The minimum atomic E-state index is -0.479. The molecule has 0 saturated carbocycles. The van der Waals surface area contributed by atoms with E-state index in [9.17, 15) is 4.79 Å². The number of hydrogen-bond acceptors (Lipinski definition) is 4. The van der Waals surface area contributed by atoms with Gasteiger partial charge < -0.3 is 15.0 Å². The number of carbonyl (C=O) groups excluding carboxylic acids is 1. The lowest BCUT2D eigenvalue weighted by atomic mass is 10.2. The highest BCUT2D eigenvalue weighted by Crippen LogP contribution is 2.12. The molecule has 1 aromatic rings. The Morgan fingerprint density at radius 2 is 2.00 bits per heavy atom. The van der Waals surface area contributed by atoms with Gasteiger partial charge in [0, 0.05) is 32.0 Å². The molecule has 0 radical (unpaired) electrons. The van der Waals surface area contributed by atoms with Crippen molar-refractivity contribution in [2.24, 2.45) is 0 Å². The Kier molecular flexibility index (Phi) is 5.76. The maximum atomic E-state index is 12.1. The molecule has 5 nitrogen and oxygen atoms in total. The van der Waals surface area contributed by atoms with Crippen LogP contribution < -0.4 is 5.32 Å². The van der Waals surface area contributed by atoms with Crippen molar-refractivity contribution < 1.29 is 9.53 Å². The molecule has 0 aromatic carbocycles. The Morgan fingerprint density at radius 1 is 1.37 bits per heavy atom. The Hall–Kier alpha value is -1.62. The van der Waals surface area contributed by atoms with Crippen LogP contribution in [-0.2, 0) is 11.3 Å². The van der Waals surface area contributed by atoms with E-state index in [1.54, 1.807) is 17.3 Å². The number of pyridine rings is 1. The number of aromatic nitrogens is 1. The number of likely N-dealkylation sites (N-methyl/N-ethyl adjacent to an activating group) is 1. The fraction of sp³-hybridized carbons (Fsp3) is 0.571. The largest absolute Gasteiger partial charge is 0.444 e. The third-order valence-electron chi connectivity index (χ3n) is 2.41. The van der Waals surface area contributed by atoms with Gasteiger partial charge in [0.25, 0.3) is 0 Å². The lowest BCUT2D eigenvalue weighted by molar-refractivity contribution is 0.0236. The highest BCUT2D eigenvalue weighted by molar-refractivity contribution is 5.68. The third-order valence-corrected chi connectivity index (χ3v) is 2.41. The van der Waals surface area contributed by atoms with Crippen LogP contribution in [0, 0.1) is 0 Å². The molecule has 1 rings (SSSR count). The van der Waals surface area contributed by atoms with E-state index < -0.39 is 5.60 Å². The van der Waals surface area contributed by atoms with Crippen LogP contribution in [0.2, 0.25) is 0 Å². The molecule has 0 fully saturated rings. The monoisotopic (exact) mass is 265 g/mol. The van der Waals surface area contributed by atoms with Crippen molar-refractivity contribution in [3.8, 4) is 0 Å². The van der Waals surface area contributed by atoms with Crippen molar-refractivity contribution in [3.05, 3.63) is 30.1 Å². The van der Waals surface area contributed by atoms with E-state index in [2.05, 4.69) is 10.3 Å². The van der Waals surface area contributed by atoms with Crippen LogP contribution in [0.5, 0.6) is 0 Å². The third kappa shape index (κ3) is 6.20. The highest BCUT2D eigenvalue weighted by atomic mass is 16.6. The number of carbonyl (C=O) groups is 1. The molecule has 0 spiro atoms. The average Bonchev–Trinajstić information content (AvgIpc) is 2.33. The summed E-state index contributed by atoms with van der Waals surface area (Å²) in [6, 6.07) is 3.80. The first kappa shape index (κ1) is 15.4. The maximum absolute atomic E-state index is 12.1. The van der Waals surface area contributed by atoms with Gasteiger partial charge in [-0.15, -0.1) is 0 Å². The maximum Gasteiger partial charge on any atom is 0.410 e. The predicted octanol–water partition coefficient (Wildman–Crippen LogP) is 2.04. The summed E-state index contributed by atoms with van der Waals surface area (Å²) in [4.78, 5) is 17.8. The Balaban J connectivity index is 2.68. The lowest BCUT2D eigenvalue weighted by Crippen LogP contribution is -2.39. The average molecular weight is 265 g/mol. The van der Waals surface area contributed by atoms with E-state index in [1.165, 1.54) is 0 Å². The number of nitrogens with zero attached hydrogens (tertiary/aromatic N) is 2. The number of rotatable bonds is 5. The van der Waals surface area contributed by atoms with Gasteiger partial charge in [-0.3, -0.25) is 4.98 Å².